The fraction of sp³-hybridized carbons (Fsp3) is 0.241. The summed E-state index contributed by atoms with van der Waals surface area (Å²) in [6.45, 7) is 1.68. The third kappa shape index (κ3) is 6.07. The Bertz CT molecular complexity index is 1990. The van der Waals surface area contributed by atoms with E-state index in [9.17, 15) is 22.8 Å². The van der Waals surface area contributed by atoms with E-state index in [-0.39, 0.29) is 31.8 Å². The van der Waals surface area contributed by atoms with Gasteiger partial charge in [0.2, 0.25) is 5.91 Å². The number of carbonyl (C=O) groups is 1. The summed E-state index contributed by atoms with van der Waals surface area (Å²) in [4.78, 5) is 31.2. The molecule has 5 aromatic rings. The molecule has 1 aliphatic heterocycles. The Kier molecular flexibility index (Phi) is 8.18. The number of nitrogens with zero attached hydrogens (tertiary/aromatic N) is 7. The van der Waals surface area contributed by atoms with Crippen LogP contribution in [0.25, 0.3) is 28.1 Å². The Morgan fingerprint density at radius 2 is 1.80 bits per heavy atom. The van der Waals surface area contributed by atoms with Gasteiger partial charge in [-0.05, 0) is 43.2 Å². The van der Waals surface area contributed by atoms with E-state index in [1.807, 2.05) is 0 Å². The molecule has 16 heteroatoms. The number of anilines is 1. The monoisotopic (exact) mass is 676 g/mol. The van der Waals surface area contributed by atoms with Gasteiger partial charge in [-0.25, -0.2) is 4.68 Å². The number of hydrogen-bond acceptors (Lipinski definition) is 6. The summed E-state index contributed by atoms with van der Waals surface area (Å²) in [5.41, 5.74) is 0.914. The van der Waals surface area contributed by atoms with Crippen molar-refractivity contribution < 1.29 is 18.0 Å². The van der Waals surface area contributed by atoms with Crippen LogP contribution in [0.2, 0.25) is 15.2 Å². The van der Waals surface area contributed by atoms with E-state index in [0.29, 0.717) is 46.8 Å². The number of amides is 1. The van der Waals surface area contributed by atoms with Gasteiger partial charge >= 0.3 is 6.30 Å². The van der Waals surface area contributed by atoms with Gasteiger partial charge in [0.25, 0.3) is 5.56 Å². The number of halogens is 6. The van der Waals surface area contributed by atoms with E-state index < -0.39 is 29.7 Å². The van der Waals surface area contributed by atoms with Crippen molar-refractivity contribution in [3.8, 4) is 28.1 Å². The molecule has 2 bridgehead atoms. The number of pyridine rings is 2. The summed E-state index contributed by atoms with van der Waals surface area (Å²) >= 11 is 19.1. The molecule has 232 valence electrons. The summed E-state index contributed by atoms with van der Waals surface area (Å²) in [6.07, 6.45) is 1.66. The van der Waals surface area contributed by atoms with Crippen molar-refractivity contribution in [2.75, 3.05) is 5.32 Å². The molecule has 0 radical (unpaired) electrons. The number of benzene rings is 1. The van der Waals surface area contributed by atoms with Crippen LogP contribution in [0, 0.1) is 5.92 Å². The standard InChI is InChI=1S/C29H22Cl3F3N8O2/c1-15-3-2-4-24(21-9-16(7-8-36-21)27-22(38-28(15)45)12-37-43(27)29(33,34)35)41-13-20(31)18(11-26(41)44)19-10-17(30)5-6-23(19)42-14-25(32)39-40-42/h5-15,24H,2-4H2,1H3,(H,38,45). The first-order valence-corrected chi connectivity index (χ1v) is 14.8. The van der Waals surface area contributed by atoms with Gasteiger partial charge in [-0.1, -0.05) is 53.4 Å². The normalized spacial score (nSPS) is 17.3. The molecule has 0 spiro atoms. The molecule has 5 heterocycles. The van der Waals surface area contributed by atoms with Crippen molar-refractivity contribution in [1.29, 1.82) is 0 Å². The Morgan fingerprint density at radius 3 is 2.53 bits per heavy atom. The van der Waals surface area contributed by atoms with Crippen LogP contribution in [0.3, 0.4) is 0 Å². The van der Waals surface area contributed by atoms with Crippen LogP contribution < -0.4 is 10.9 Å². The van der Waals surface area contributed by atoms with Crippen molar-refractivity contribution in [2.45, 2.75) is 38.5 Å². The summed E-state index contributed by atoms with van der Waals surface area (Å²) in [7, 11) is 0. The highest BCUT2D eigenvalue weighted by Gasteiger charge is 2.37. The van der Waals surface area contributed by atoms with Crippen molar-refractivity contribution >= 4 is 46.4 Å². The van der Waals surface area contributed by atoms with Crippen molar-refractivity contribution in [3.63, 3.8) is 0 Å². The smallest absolute Gasteiger partial charge is 0.323 e. The largest absolute Gasteiger partial charge is 0.505 e. The minimum atomic E-state index is -4.86. The van der Waals surface area contributed by atoms with Gasteiger partial charge in [-0.3, -0.25) is 14.6 Å². The van der Waals surface area contributed by atoms with Crippen LogP contribution in [0.1, 0.15) is 37.9 Å². The maximum Gasteiger partial charge on any atom is 0.505 e. The zero-order valence-electron chi connectivity index (χ0n) is 23.3. The first kappa shape index (κ1) is 30.8. The zero-order chi connectivity index (χ0) is 32.0. The Morgan fingerprint density at radius 1 is 1.00 bits per heavy atom. The molecule has 0 fully saturated rings. The van der Waals surface area contributed by atoms with Gasteiger partial charge in [-0.15, -0.1) is 18.3 Å². The molecule has 10 nitrogen and oxygen atoms in total. The molecular weight excluding hydrogens is 656 g/mol. The number of aromatic nitrogens is 7. The molecule has 6 rings (SSSR count). The second-order valence-corrected chi connectivity index (χ2v) is 11.8. The lowest BCUT2D eigenvalue weighted by atomic mass is 9.96. The maximum atomic E-state index is 14.0. The van der Waals surface area contributed by atoms with Crippen molar-refractivity contribution in [2.24, 2.45) is 5.92 Å². The van der Waals surface area contributed by atoms with Gasteiger partial charge in [-0.2, -0.15) is 9.78 Å². The number of fused-ring (bicyclic) bond motifs is 4. The first-order valence-electron chi connectivity index (χ1n) is 13.6. The highest BCUT2D eigenvalue weighted by atomic mass is 35.5. The van der Waals surface area contributed by atoms with E-state index in [0.717, 1.165) is 6.20 Å². The number of nitrogens with one attached hydrogen (secondary N) is 1. The summed E-state index contributed by atoms with van der Waals surface area (Å²) in [6, 6.07) is 8.44. The Hall–Kier alpha value is -4.20. The van der Waals surface area contributed by atoms with Crippen LogP contribution >= 0.6 is 34.8 Å². The average Bonchev–Trinajstić information content (AvgIpc) is 3.62. The van der Waals surface area contributed by atoms with E-state index in [1.165, 1.54) is 46.0 Å². The second-order valence-electron chi connectivity index (χ2n) is 10.5. The minimum absolute atomic E-state index is 0.0889. The van der Waals surface area contributed by atoms with Crippen molar-refractivity contribution in [1.82, 2.24) is 34.3 Å². The van der Waals surface area contributed by atoms with E-state index in [4.69, 9.17) is 34.8 Å². The van der Waals surface area contributed by atoms with Crippen LogP contribution in [0.5, 0.6) is 0 Å². The van der Waals surface area contributed by atoms with E-state index in [1.54, 1.807) is 25.1 Å². The van der Waals surface area contributed by atoms with Gasteiger partial charge in [0.1, 0.15) is 5.69 Å². The summed E-state index contributed by atoms with van der Waals surface area (Å²) in [5.74, 6) is -0.979. The highest BCUT2D eigenvalue weighted by Crippen LogP contribution is 2.38. The maximum absolute atomic E-state index is 14.0. The second kappa shape index (κ2) is 12.0. The number of hydrogen-bond donors (Lipinski definition) is 1. The number of alkyl halides is 3. The van der Waals surface area contributed by atoms with Crippen LogP contribution in [-0.4, -0.2) is 40.2 Å². The Labute approximate surface area is 268 Å². The quantitative estimate of drug-likeness (QED) is 0.217. The molecule has 1 aromatic carbocycles. The van der Waals surface area contributed by atoms with Gasteiger partial charge in [0.15, 0.2) is 5.15 Å². The SMILES string of the molecule is CC1CCCC(n2cc(Cl)c(-c3cc(Cl)ccc3-n3cc(Cl)nn3)cc2=O)c2cc(ccn2)-c2c(cnn2C(F)(F)F)NC1=O. The topological polar surface area (TPSA) is 113 Å². The minimum Gasteiger partial charge on any atom is -0.323 e. The van der Waals surface area contributed by atoms with E-state index >= 15 is 0 Å². The third-order valence-corrected chi connectivity index (χ3v) is 8.26. The lowest BCUT2D eigenvalue weighted by Gasteiger charge is -2.23. The molecule has 2 unspecified atom stereocenters. The molecular formula is C29H22Cl3F3N8O2. The lowest BCUT2D eigenvalue weighted by Crippen LogP contribution is -2.27. The third-order valence-electron chi connectivity index (χ3n) is 7.55. The fourth-order valence-electron chi connectivity index (χ4n) is 5.38. The average molecular weight is 678 g/mol. The molecule has 0 saturated heterocycles. The van der Waals surface area contributed by atoms with Crippen LogP contribution in [0.4, 0.5) is 18.9 Å². The van der Waals surface area contributed by atoms with Crippen molar-refractivity contribution in [3.05, 3.63) is 92.4 Å². The number of carbonyl (C=O) groups excluding carboxylic acids is 1. The molecule has 4 aromatic heterocycles. The van der Waals surface area contributed by atoms with Gasteiger partial charge < -0.3 is 9.88 Å². The molecule has 2 atom stereocenters. The molecule has 0 aliphatic carbocycles. The predicted molar refractivity (Wildman–Crippen MR) is 163 cm³/mol. The molecule has 45 heavy (non-hydrogen) atoms. The summed E-state index contributed by atoms with van der Waals surface area (Å²) < 4.78 is 44.6. The van der Waals surface area contributed by atoms with Gasteiger partial charge in [0, 0.05) is 46.1 Å². The molecule has 1 aliphatic rings. The van der Waals surface area contributed by atoms with Crippen LogP contribution in [0.15, 0.2) is 66.0 Å². The Balaban J connectivity index is 1.49. The summed E-state index contributed by atoms with van der Waals surface area (Å²) in [5, 5.41) is 14.6. The van der Waals surface area contributed by atoms with Crippen LogP contribution in [-0.2, 0) is 11.1 Å². The zero-order valence-corrected chi connectivity index (χ0v) is 25.5. The molecule has 1 N–H and O–H groups in total. The van der Waals surface area contributed by atoms with Gasteiger partial charge in [0.05, 0.1) is 40.5 Å². The highest BCUT2D eigenvalue weighted by molar-refractivity contribution is 6.34. The fourth-order valence-corrected chi connectivity index (χ4v) is 5.94. The molecule has 1 amide bonds. The van der Waals surface area contributed by atoms with E-state index in [2.05, 4.69) is 25.7 Å². The first-order chi connectivity index (χ1) is 21.4. The number of rotatable bonds is 3. The molecule has 0 saturated carbocycles. The lowest BCUT2D eigenvalue weighted by molar-refractivity contribution is -0.210. The predicted octanol–water partition coefficient (Wildman–Crippen LogP) is 7.14.